The first-order valence-electron chi connectivity index (χ1n) is 7.36. The standard InChI is InChI=1S/C16H27N3/c1-14(12-17-15-8-5-4-6-9-15)19-11-7-10-16(19)13-18(2)3/h4-6,8-9,14,16-17H,7,10-13H2,1-3H3. The van der Waals surface area contributed by atoms with E-state index < -0.39 is 0 Å². The summed E-state index contributed by atoms with van der Waals surface area (Å²) in [7, 11) is 4.34. The van der Waals surface area contributed by atoms with Gasteiger partial charge in [0.2, 0.25) is 0 Å². The van der Waals surface area contributed by atoms with Crippen molar-refractivity contribution in [2.75, 3.05) is 39.0 Å². The van der Waals surface area contributed by atoms with Crippen LogP contribution in [0.15, 0.2) is 30.3 Å². The molecule has 2 atom stereocenters. The lowest BCUT2D eigenvalue weighted by atomic mass is 10.2. The smallest absolute Gasteiger partial charge is 0.0340 e. The molecular weight excluding hydrogens is 234 g/mol. The number of para-hydroxylation sites is 1. The average Bonchev–Trinajstić information content (AvgIpc) is 2.84. The summed E-state index contributed by atoms with van der Waals surface area (Å²) in [6, 6.07) is 11.8. The number of hydrogen-bond acceptors (Lipinski definition) is 3. The molecule has 2 rings (SSSR count). The third-order valence-electron chi connectivity index (χ3n) is 3.94. The maximum absolute atomic E-state index is 3.54. The molecule has 106 valence electrons. The molecule has 19 heavy (non-hydrogen) atoms. The minimum atomic E-state index is 0.590. The zero-order valence-electron chi connectivity index (χ0n) is 12.5. The zero-order chi connectivity index (χ0) is 13.7. The molecule has 2 unspecified atom stereocenters. The van der Waals surface area contributed by atoms with E-state index in [2.05, 4.69) is 66.5 Å². The Morgan fingerprint density at radius 1 is 1.32 bits per heavy atom. The van der Waals surface area contributed by atoms with Crippen LogP contribution in [0.1, 0.15) is 19.8 Å². The summed E-state index contributed by atoms with van der Waals surface area (Å²) in [4.78, 5) is 4.97. The Bertz CT molecular complexity index is 364. The van der Waals surface area contributed by atoms with Gasteiger partial charge in [-0.2, -0.15) is 0 Å². The second kappa shape index (κ2) is 6.92. The molecule has 3 nitrogen and oxygen atoms in total. The maximum atomic E-state index is 3.54. The number of likely N-dealkylation sites (N-methyl/N-ethyl adjacent to an activating group) is 1. The summed E-state index contributed by atoms with van der Waals surface area (Å²) < 4.78 is 0. The molecule has 1 saturated heterocycles. The van der Waals surface area contributed by atoms with Crippen molar-refractivity contribution >= 4 is 5.69 Å². The van der Waals surface area contributed by atoms with Crippen LogP contribution < -0.4 is 5.32 Å². The van der Waals surface area contributed by atoms with Crippen LogP contribution >= 0.6 is 0 Å². The number of likely N-dealkylation sites (tertiary alicyclic amines) is 1. The highest BCUT2D eigenvalue weighted by Crippen LogP contribution is 2.20. The van der Waals surface area contributed by atoms with Crippen molar-refractivity contribution in [3.63, 3.8) is 0 Å². The summed E-state index contributed by atoms with van der Waals surface area (Å²) in [5.41, 5.74) is 1.22. The fraction of sp³-hybridized carbons (Fsp3) is 0.625. The molecule has 0 aliphatic carbocycles. The molecular formula is C16H27N3. The molecule has 0 amide bonds. The highest BCUT2D eigenvalue weighted by atomic mass is 15.2. The molecule has 1 N–H and O–H groups in total. The second-order valence-electron chi connectivity index (χ2n) is 5.89. The summed E-state index contributed by atoms with van der Waals surface area (Å²) in [5.74, 6) is 0. The van der Waals surface area contributed by atoms with Crippen LogP contribution in [0.2, 0.25) is 0 Å². The van der Waals surface area contributed by atoms with Crippen molar-refractivity contribution < 1.29 is 0 Å². The van der Waals surface area contributed by atoms with Crippen molar-refractivity contribution in [3.05, 3.63) is 30.3 Å². The first-order valence-corrected chi connectivity index (χ1v) is 7.36. The minimum absolute atomic E-state index is 0.590. The van der Waals surface area contributed by atoms with Crippen LogP contribution in [0.5, 0.6) is 0 Å². The Morgan fingerprint density at radius 2 is 2.05 bits per heavy atom. The lowest BCUT2D eigenvalue weighted by molar-refractivity contribution is 0.167. The van der Waals surface area contributed by atoms with E-state index in [1.165, 1.54) is 31.6 Å². The van der Waals surface area contributed by atoms with Crippen molar-refractivity contribution in [1.29, 1.82) is 0 Å². The largest absolute Gasteiger partial charge is 0.383 e. The van der Waals surface area contributed by atoms with Crippen LogP contribution in [0, 0.1) is 0 Å². The number of hydrogen-bond donors (Lipinski definition) is 1. The van der Waals surface area contributed by atoms with E-state index in [-0.39, 0.29) is 0 Å². The van der Waals surface area contributed by atoms with Gasteiger partial charge in [-0.25, -0.2) is 0 Å². The van der Waals surface area contributed by atoms with Gasteiger partial charge in [-0.15, -0.1) is 0 Å². The molecule has 1 fully saturated rings. The molecule has 0 bridgehead atoms. The minimum Gasteiger partial charge on any atom is -0.383 e. The van der Waals surface area contributed by atoms with Gasteiger partial charge in [-0.1, -0.05) is 18.2 Å². The molecule has 0 radical (unpaired) electrons. The van der Waals surface area contributed by atoms with Gasteiger partial charge in [-0.05, 0) is 52.5 Å². The fourth-order valence-electron chi connectivity index (χ4n) is 2.99. The Balaban J connectivity index is 1.83. The number of nitrogens with one attached hydrogen (secondary N) is 1. The topological polar surface area (TPSA) is 18.5 Å². The lowest BCUT2D eigenvalue weighted by Gasteiger charge is -2.32. The highest BCUT2D eigenvalue weighted by molar-refractivity contribution is 5.42. The predicted octanol–water partition coefficient (Wildman–Crippen LogP) is 2.51. The normalized spacial score (nSPS) is 21.8. The third kappa shape index (κ3) is 4.22. The number of nitrogens with zero attached hydrogens (tertiary/aromatic N) is 2. The van der Waals surface area contributed by atoms with E-state index in [0.29, 0.717) is 6.04 Å². The average molecular weight is 261 g/mol. The second-order valence-corrected chi connectivity index (χ2v) is 5.89. The Morgan fingerprint density at radius 3 is 2.74 bits per heavy atom. The van der Waals surface area contributed by atoms with Crippen LogP contribution in [0.3, 0.4) is 0 Å². The molecule has 1 aliphatic heterocycles. The van der Waals surface area contributed by atoms with Gasteiger partial charge in [0.25, 0.3) is 0 Å². The van der Waals surface area contributed by atoms with Crippen molar-refractivity contribution in [2.24, 2.45) is 0 Å². The van der Waals surface area contributed by atoms with Crippen LogP contribution in [-0.2, 0) is 0 Å². The Hall–Kier alpha value is -1.06. The van der Waals surface area contributed by atoms with Crippen LogP contribution in [0.25, 0.3) is 0 Å². The van der Waals surface area contributed by atoms with Crippen molar-refractivity contribution in [2.45, 2.75) is 31.8 Å². The van der Waals surface area contributed by atoms with Crippen LogP contribution in [-0.4, -0.2) is 55.6 Å². The number of rotatable bonds is 6. The first kappa shape index (κ1) is 14.4. The van der Waals surface area contributed by atoms with Gasteiger partial charge in [0.1, 0.15) is 0 Å². The molecule has 1 aliphatic rings. The van der Waals surface area contributed by atoms with Gasteiger partial charge < -0.3 is 10.2 Å². The van der Waals surface area contributed by atoms with Gasteiger partial charge in [-0.3, -0.25) is 4.90 Å². The van der Waals surface area contributed by atoms with Gasteiger partial charge >= 0.3 is 0 Å². The first-order chi connectivity index (χ1) is 9.16. The molecule has 1 aromatic rings. The van der Waals surface area contributed by atoms with E-state index in [1.807, 2.05) is 0 Å². The van der Waals surface area contributed by atoms with E-state index in [1.54, 1.807) is 0 Å². The van der Waals surface area contributed by atoms with Gasteiger partial charge in [0, 0.05) is 30.9 Å². The summed E-state index contributed by atoms with van der Waals surface area (Å²) >= 11 is 0. The molecule has 0 aromatic heterocycles. The number of benzene rings is 1. The van der Waals surface area contributed by atoms with Crippen molar-refractivity contribution in [1.82, 2.24) is 9.80 Å². The molecule has 1 aromatic carbocycles. The monoisotopic (exact) mass is 261 g/mol. The quantitative estimate of drug-likeness (QED) is 0.849. The Labute approximate surface area is 117 Å². The SMILES string of the molecule is CC(CNc1ccccc1)N1CCCC1CN(C)C. The third-order valence-corrected chi connectivity index (χ3v) is 3.94. The molecule has 0 saturated carbocycles. The molecule has 3 heteroatoms. The van der Waals surface area contributed by atoms with Crippen LogP contribution in [0.4, 0.5) is 5.69 Å². The van der Waals surface area contributed by atoms with Gasteiger partial charge in [0.15, 0.2) is 0 Å². The maximum Gasteiger partial charge on any atom is 0.0340 e. The fourth-order valence-corrected chi connectivity index (χ4v) is 2.99. The highest BCUT2D eigenvalue weighted by Gasteiger charge is 2.28. The van der Waals surface area contributed by atoms with Crippen molar-refractivity contribution in [3.8, 4) is 0 Å². The summed E-state index contributed by atoms with van der Waals surface area (Å²) in [5, 5.41) is 3.54. The lowest BCUT2D eigenvalue weighted by Crippen LogP contribution is -2.45. The summed E-state index contributed by atoms with van der Waals surface area (Å²) in [6.07, 6.45) is 2.68. The van der Waals surface area contributed by atoms with E-state index in [9.17, 15) is 0 Å². The summed E-state index contributed by atoms with van der Waals surface area (Å²) in [6.45, 7) is 5.78. The van der Waals surface area contributed by atoms with Gasteiger partial charge in [0.05, 0.1) is 0 Å². The van der Waals surface area contributed by atoms with E-state index >= 15 is 0 Å². The molecule has 0 spiro atoms. The van der Waals surface area contributed by atoms with E-state index in [4.69, 9.17) is 0 Å². The Kier molecular flexibility index (Phi) is 5.23. The van der Waals surface area contributed by atoms with E-state index in [0.717, 1.165) is 12.6 Å². The number of anilines is 1. The molecule has 1 heterocycles. The predicted molar refractivity (Wildman–Crippen MR) is 82.7 cm³/mol. The zero-order valence-corrected chi connectivity index (χ0v) is 12.5.